The zero-order chi connectivity index (χ0) is 24.8. The summed E-state index contributed by atoms with van der Waals surface area (Å²) >= 11 is 0. The number of ether oxygens (including phenoxy) is 2. The van der Waals surface area contributed by atoms with E-state index in [-0.39, 0.29) is 12.0 Å². The second-order valence-corrected chi connectivity index (χ2v) is 10.2. The molecule has 0 spiro atoms. The maximum atomic E-state index is 11.7. The molecule has 0 radical (unpaired) electrons. The Hall–Kier alpha value is -3.41. The Bertz CT molecular complexity index is 1240. The molecule has 0 aliphatic carbocycles. The van der Waals surface area contributed by atoms with Crippen LogP contribution in [0.25, 0.3) is 0 Å². The highest BCUT2D eigenvalue weighted by Gasteiger charge is 2.41. The van der Waals surface area contributed by atoms with Crippen LogP contribution in [0, 0.1) is 11.3 Å². The monoisotopic (exact) mass is 485 g/mol. The van der Waals surface area contributed by atoms with E-state index in [9.17, 15) is 10.1 Å². The first-order valence-corrected chi connectivity index (χ1v) is 12.8. The number of hydrogen-bond acceptors (Lipinski definition) is 7. The van der Waals surface area contributed by atoms with Crippen molar-refractivity contribution >= 4 is 17.4 Å². The molecule has 2 aromatic rings. The molecule has 36 heavy (non-hydrogen) atoms. The van der Waals surface area contributed by atoms with Crippen LogP contribution in [-0.2, 0) is 9.53 Å². The summed E-state index contributed by atoms with van der Waals surface area (Å²) in [5.74, 6) is 2.17. The molecule has 4 aliphatic rings. The summed E-state index contributed by atoms with van der Waals surface area (Å²) in [6.07, 6.45) is 5.00. The van der Waals surface area contributed by atoms with E-state index < -0.39 is 0 Å². The molecule has 3 fully saturated rings. The lowest BCUT2D eigenvalue weighted by Crippen LogP contribution is -2.65. The predicted octanol–water partition coefficient (Wildman–Crippen LogP) is 3.84. The summed E-state index contributed by atoms with van der Waals surface area (Å²) in [6, 6.07) is 8.98. The molecule has 3 saturated heterocycles. The van der Waals surface area contributed by atoms with Crippen molar-refractivity contribution in [3.05, 3.63) is 59.3 Å². The van der Waals surface area contributed by atoms with Gasteiger partial charge in [-0.25, -0.2) is 4.98 Å². The minimum atomic E-state index is -0.225. The fraction of sp³-hybridized carbons (Fsp3) is 0.464. The standard InChI is InChI=1S/C28H31N5O3/c1-3-25(34)33-15-22(16-33)32-13-21(14-32)19-10-20(12-29)27-24(11-19)31-28-26(17(2)36-27)23(4-7-30-28)18-5-8-35-9-6-18/h3-4,7,10-11,17-18,21-22H,1,5-6,8-9,13-16H2,2H3,(H,30,31)/t17-/m1/s1. The number of aromatic nitrogens is 1. The Morgan fingerprint density at radius 3 is 2.72 bits per heavy atom. The number of nitriles is 1. The molecule has 1 N–H and O–H groups in total. The minimum Gasteiger partial charge on any atom is -0.482 e. The van der Waals surface area contributed by atoms with Gasteiger partial charge in [-0.3, -0.25) is 9.69 Å². The van der Waals surface area contributed by atoms with Crippen LogP contribution in [0.5, 0.6) is 5.75 Å². The van der Waals surface area contributed by atoms with E-state index in [1.807, 2.05) is 24.1 Å². The third-order valence-electron chi connectivity index (χ3n) is 8.12. The number of amides is 1. The first-order chi connectivity index (χ1) is 17.6. The van der Waals surface area contributed by atoms with Gasteiger partial charge in [-0.2, -0.15) is 5.26 Å². The molecule has 1 aromatic heterocycles. The number of carbonyl (C=O) groups excluding carboxylic acids is 1. The highest BCUT2D eigenvalue weighted by Crippen LogP contribution is 2.45. The van der Waals surface area contributed by atoms with Crippen molar-refractivity contribution < 1.29 is 14.3 Å². The van der Waals surface area contributed by atoms with Gasteiger partial charge in [-0.1, -0.05) is 6.58 Å². The third kappa shape index (κ3) is 3.93. The summed E-state index contributed by atoms with van der Waals surface area (Å²) in [5, 5.41) is 13.5. The molecule has 8 nitrogen and oxygen atoms in total. The molecular weight excluding hydrogens is 454 g/mol. The second-order valence-electron chi connectivity index (χ2n) is 10.2. The van der Waals surface area contributed by atoms with Crippen LogP contribution in [0.4, 0.5) is 11.5 Å². The number of benzene rings is 1. The van der Waals surface area contributed by atoms with Gasteiger partial charge >= 0.3 is 0 Å². The van der Waals surface area contributed by atoms with Gasteiger partial charge in [0.2, 0.25) is 5.91 Å². The Morgan fingerprint density at radius 1 is 1.22 bits per heavy atom. The average Bonchev–Trinajstić information content (AvgIpc) is 2.99. The summed E-state index contributed by atoms with van der Waals surface area (Å²) < 4.78 is 12.0. The number of anilines is 2. The van der Waals surface area contributed by atoms with Crippen molar-refractivity contribution in [3.63, 3.8) is 0 Å². The lowest BCUT2D eigenvalue weighted by molar-refractivity contribution is -0.134. The molecule has 6 rings (SSSR count). The lowest BCUT2D eigenvalue weighted by atomic mass is 9.87. The average molecular weight is 486 g/mol. The molecule has 0 saturated carbocycles. The van der Waals surface area contributed by atoms with Crippen molar-refractivity contribution in [3.8, 4) is 11.8 Å². The number of likely N-dealkylation sites (tertiary alicyclic amines) is 2. The second kappa shape index (κ2) is 9.23. The molecule has 0 bridgehead atoms. The normalized spacial score (nSPS) is 22.6. The maximum absolute atomic E-state index is 11.7. The smallest absolute Gasteiger partial charge is 0.246 e. The molecule has 1 atom stereocenters. The third-order valence-corrected chi connectivity index (χ3v) is 8.12. The number of nitrogens with one attached hydrogen (secondary N) is 1. The van der Waals surface area contributed by atoms with Crippen molar-refractivity contribution in [2.45, 2.75) is 43.7 Å². The van der Waals surface area contributed by atoms with Gasteiger partial charge < -0.3 is 19.7 Å². The summed E-state index contributed by atoms with van der Waals surface area (Å²) in [6.45, 7) is 10.5. The molecular formula is C28H31N5O3. The van der Waals surface area contributed by atoms with E-state index in [4.69, 9.17) is 9.47 Å². The Labute approximate surface area is 211 Å². The minimum absolute atomic E-state index is 0.00177. The fourth-order valence-electron chi connectivity index (χ4n) is 5.95. The number of rotatable bonds is 4. The number of carbonyl (C=O) groups is 1. The van der Waals surface area contributed by atoms with E-state index in [2.05, 4.69) is 40.0 Å². The fourth-order valence-corrected chi connectivity index (χ4v) is 5.95. The van der Waals surface area contributed by atoms with Gasteiger partial charge in [0.15, 0.2) is 5.75 Å². The van der Waals surface area contributed by atoms with Crippen LogP contribution >= 0.6 is 0 Å². The van der Waals surface area contributed by atoms with Crippen molar-refractivity contribution in [2.75, 3.05) is 44.7 Å². The van der Waals surface area contributed by atoms with Crippen LogP contribution in [0.2, 0.25) is 0 Å². The molecule has 8 heteroatoms. The Morgan fingerprint density at radius 2 is 2.00 bits per heavy atom. The van der Waals surface area contributed by atoms with Gasteiger partial charge in [0, 0.05) is 63.1 Å². The molecule has 1 aromatic carbocycles. The number of pyridine rings is 1. The van der Waals surface area contributed by atoms with Crippen LogP contribution < -0.4 is 10.1 Å². The zero-order valence-electron chi connectivity index (χ0n) is 20.6. The van der Waals surface area contributed by atoms with Crippen molar-refractivity contribution in [1.29, 1.82) is 5.26 Å². The molecule has 5 heterocycles. The predicted molar refractivity (Wildman–Crippen MR) is 135 cm³/mol. The van der Waals surface area contributed by atoms with Crippen LogP contribution in [-0.4, -0.2) is 66.1 Å². The van der Waals surface area contributed by atoms with Crippen LogP contribution in [0.15, 0.2) is 37.1 Å². The van der Waals surface area contributed by atoms with E-state index in [0.717, 1.165) is 74.9 Å². The van der Waals surface area contributed by atoms with E-state index in [1.165, 1.54) is 11.6 Å². The molecule has 1 amide bonds. The van der Waals surface area contributed by atoms with Crippen molar-refractivity contribution in [1.82, 2.24) is 14.8 Å². The first-order valence-electron chi connectivity index (χ1n) is 12.8. The zero-order valence-corrected chi connectivity index (χ0v) is 20.6. The van der Waals surface area contributed by atoms with E-state index in [1.54, 1.807) is 0 Å². The van der Waals surface area contributed by atoms with E-state index >= 15 is 0 Å². The van der Waals surface area contributed by atoms with Crippen LogP contribution in [0.1, 0.15) is 60.0 Å². The Balaban J connectivity index is 1.23. The topological polar surface area (TPSA) is 90.7 Å². The molecule has 186 valence electrons. The van der Waals surface area contributed by atoms with Gasteiger partial charge in [0.1, 0.15) is 18.0 Å². The lowest BCUT2D eigenvalue weighted by Gasteiger charge is -2.51. The maximum Gasteiger partial charge on any atom is 0.246 e. The first kappa shape index (κ1) is 23.0. The molecule has 0 unspecified atom stereocenters. The van der Waals surface area contributed by atoms with E-state index in [0.29, 0.717) is 29.2 Å². The van der Waals surface area contributed by atoms with Gasteiger partial charge in [-0.15, -0.1) is 0 Å². The SMILES string of the molecule is C=CC(=O)N1CC(N2CC(c3cc(C#N)c4c(c3)Nc3nccc(C5CCOCC5)c3[C@@H](C)O4)C2)C1. The van der Waals surface area contributed by atoms with Crippen molar-refractivity contribution in [2.24, 2.45) is 0 Å². The molecule has 4 aliphatic heterocycles. The highest BCUT2D eigenvalue weighted by molar-refractivity contribution is 5.87. The largest absolute Gasteiger partial charge is 0.482 e. The van der Waals surface area contributed by atoms with Gasteiger partial charge in [0.05, 0.1) is 11.3 Å². The van der Waals surface area contributed by atoms with Crippen LogP contribution in [0.3, 0.4) is 0 Å². The van der Waals surface area contributed by atoms with Gasteiger partial charge in [-0.05, 0) is 61.1 Å². The quantitative estimate of drug-likeness (QED) is 0.658. The summed E-state index contributed by atoms with van der Waals surface area (Å²) in [4.78, 5) is 20.7. The number of fused-ring (bicyclic) bond motifs is 2. The number of nitrogens with zero attached hydrogens (tertiary/aromatic N) is 4. The highest BCUT2D eigenvalue weighted by atomic mass is 16.5. The summed E-state index contributed by atoms with van der Waals surface area (Å²) in [5.41, 5.74) is 4.81. The number of hydrogen-bond donors (Lipinski definition) is 1. The Kier molecular flexibility index (Phi) is 5.90. The van der Waals surface area contributed by atoms with Gasteiger partial charge in [0.25, 0.3) is 0 Å². The summed E-state index contributed by atoms with van der Waals surface area (Å²) in [7, 11) is 0.